The third-order valence-corrected chi connectivity index (χ3v) is 6.48. The lowest BCUT2D eigenvalue weighted by Gasteiger charge is -2.33. The summed E-state index contributed by atoms with van der Waals surface area (Å²) in [5.41, 5.74) is 1.16. The summed E-state index contributed by atoms with van der Waals surface area (Å²) in [7, 11) is 3.12. The van der Waals surface area contributed by atoms with Gasteiger partial charge in [0.15, 0.2) is 18.1 Å². The lowest BCUT2D eigenvalue weighted by Crippen LogP contribution is -2.43. The Morgan fingerprint density at radius 3 is 2.54 bits per heavy atom. The maximum atomic E-state index is 13.3. The molecule has 0 unspecified atom stereocenters. The van der Waals surface area contributed by atoms with E-state index in [-0.39, 0.29) is 30.8 Å². The van der Waals surface area contributed by atoms with E-state index in [0.717, 1.165) is 32.1 Å². The van der Waals surface area contributed by atoms with E-state index in [1.807, 2.05) is 0 Å². The minimum atomic E-state index is -0.449. The number of ether oxygens (including phenoxy) is 3. The molecule has 37 heavy (non-hydrogen) atoms. The summed E-state index contributed by atoms with van der Waals surface area (Å²) in [5, 5.41) is 15.2. The van der Waals surface area contributed by atoms with Crippen molar-refractivity contribution in [3.8, 4) is 28.6 Å². The molecule has 1 heterocycles. The molecule has 3 aromatic rings. The van der Waals surface area contributed by atoms with Gasteiger partial charge in [-0.15, -0.1) is 0 Å². The van der Waals surface area contributed by atoms with Gasteiger partial charge in [-0.2, -0.15) is 4.98 Å². The monoisotopic (exact) mass is 510 g/mol. The summed E-state index contributed by atoms with van der Waals surface area (Å²) < 4.78 is 21.9. The number of amides is 1. The van der Waals surface area contributed by atoms with Crippen molar-refractivity contribution in [3.05, 3.63) is 58.0 Å². The lowest BCUT2D eigenvalue weighted by atomic mass is 9.94. The van der Waals surface area contributed by atoms with Crippen molar-refractivity contribution in [1.82, 2.24) is 15.0 Å². The van der Waals surface area contributed by atoms with Crippen LogP contribution in [-0.2, 0) is 11.3 Å². The van der Waals surface area contributed by atoms with Crippen LogP contribution in [0.1, 0.15) is 43.6 Å². The van der Waals surface area contributed by atoms with Gasteiger partial charge in [-0.05, 0) is 50.1 Å². The van der Waals surface area contributed by atoms with Crippen LogP contribution in [0.25, 0.3) is 11.4 Å². The quantitative estimate of drug-likeness (QED) is 0.281. The van der Waals surface area contributed by atoms with Crippen molar-refractivity contribution in [2.24, 2.45) is 0 Å². The lowest BCUT2D eigenvalue weighted by molar-refractivity contribution is -0.385. The highest BCUT2D eigenvalue weighted by atomic mass is 16.6. The number of carbonyl (C=O) groups excluding carboxylic acids is 1. The number of aromatic nitrogens is 2. The van der Waals surface area contributed by atoms with Gasteiger partial charge in [0.25, 0.3) is 11.6 Å². The van der Waals surface area contributed by atoms with Crippen molar-refractivity contribution >= 4 is 11.6 Å². The van der Waals surface area contributed by atoms with Crippen LogP contribution >= 0.6 is 0 Å². The summed E-state index contributed by atoms with van der Waals surface area (Å²) >= 11 is 0. The summed E-state index contributed by atoms with van der Waals surface area (Å²) in [6, 6.07) is 9.81. The zero-order valence-electron chi connectivity index (χ0n) is 21.1. The molecule has 1 amide bonds. The minimum Gasteiger partial charge on any atom is -0.493 e. The zero-order valence-corrected chi connectivity index (χ0v) is 21.1. The van der Waals surface area contributed by atoms with Gasteiger partial charge in [0.05, 0.1) is 19.1 Å². The minimum absolute atomic E-state index is 0.00388. The van der Waals surface area contributed by atoms with Gasteiger partial charge in [-0.1, -0.05) is 24.4 Å². The molecule has 2 aromatic carbocycles. The molecule has 0 aliphatic heterocycles. The number of methoxy groups -OCH3 is 2. The Kier molecular flexibility index (Phi) is 8.22. The first-order valence-electron chi connectivity index (χ1n) is 12.1. The predicted molar refractivity (Wildman–Crippen MR) is 134 cm³/mol. The Hall–Kier alpha value is -4.15. The predicted octanol–water partition coefficient (Wildman–Crippen LogP) is 4.71. The topological polar surface area (TPSA) is 130 Å². The average molecular weight is 511 g/mol. The first-order chi connectivity index (χ1) is 17.9. The van der Waals surface area contributed by atoms with Crippen LogP contribution in [0.15, 0.2) is 40.9 Å². The Balaban J connectivity index is 1.48. The number of aryl methyl sites for hydroxylation is 1. The van der Waals surface area contributed by atoms with Crippen LogP contribution in [0, 0.1) is 17.0 Å². The molecule has 11 nitrogen and oxygen atoms in total. The number of benzene rings is 2. The smallest absolute Gasteiger partial charge is 0.272 e. The van der Waals surface area contributed by atoms with Gasteiger partial charge >= 0.3 is 0 Å². The van der Waals surface area contributed by atoms with Crippen molar-refractivity contribution in [2.45, 2.75) is 51.6 Å². The second-order valence-corrected chi connectivity index (χ2v) is 8.89. The maximum Gasteiger partial charge on any atom is 0.272 e. The number of rotatable bonds is 10. The van der Waals surface area contributed by atoms with E-state index in [2.05, 4.69) is 10.1 Å². The van der Waals surface area contributed by atoms with Crippen molar-refractivity contribution < 1.29 is 28.5 Å². The van der Waals surface area contributed by atoms with Gasteiger partial charge in [-0.25, -0.2) is 0 Å². The van der Waals surface area contributed by atoms with Gasteiger partial charge in [0.2, 0.25) is 11.7 Å². The average Bonchev–Trinajstić information content (AvgIpc) is 3.39. The van der Waals surface area contributed by atoms with Gasteiger partial charge in [0, 0.05) is 23.2 Å². The first-order valence-corrected chi connectivity index (χ1v) is 12.1. The molecule has 1 fully saturated rings. The first kappa shape index (κ1) is 25.9. The Morgan fingerprint density at radius 1 is 1.11 bits per heavy atom. The molecule has 0 N–H and O–H groups in total. The summed E-state index contributed by atoms with van der Waals surface area (Å²) in [6.45, 7) is 1.59. The fourth-order valence-corrected chi connectivity index (χ4v) is 4.52. The highest BCUT2D eigenvalue weighted by molar-refractivity contribution is 5.78. The van der Waals surface area contributed by atoms with E-state index >= 15 is 0 Å². The summed E-state index contributed by atoms with van der Waals surface area (Å²) in [6.07, 6.45) is 4.99. The van der Waals surface area contributed by atoms with Crippen LogP contribution in [0.3, 0.4) is 0 Å². The van der Waals surface area contributed by atoms with E-state index in [4.69, 9.17) is 18.7 Å². The Labute approximate surface area is 214 Å². The largest absolute Gasteiger partial charge is 0.493 e. The number of hydrogen-bond acceptors (Lipinski definition) is 9. The standard InChI is InChI=1S/C26H30N4O7/c1-17-13-20(10-11-21(17)30(32)33)36-16-25(31)29(19-7-5-4-6-8-19)15-24-27-26(28-37-24)18-9-12-22(34-2)23(14-18)35-3/h9-14,19H,4-8,15-16H2,1-3H3. The maximum absolute atomic E-state index is 13.3. The van der Waals surface area contributed by atoms with E-state index in [1.54, 1.807) is 50.3 Å². The van der Waals surface area contributed by atoms with Crippen LogP contribution in [0.4, 0.5) is 5.69 Å². The van der Waals surface area contributed by atoms with Crippen LogP contribution in [0.5, 0.6) is 17.2 Å². The third-order valence-electron chi connectivity index (χ3n) is 6.48. The normalized spacial score (nSPS) is 13.7. The molecule has 0 saturated heterocycles. The summed E-state index contributed by atoms with van der Waals surface area (Å²) in [4.78, 5) is 30.1. The van der Waals surface area contributed by atoms with Crippen LogP contribution in [-0.4, -0.2) is 52.7 Å². The molecule has 0 radical (unpaired) electrons. The zero-order chi connectivity index (χ0) is 26.4. The molecule has 11 heteroatoms. The number of nitrogens with zero attached hydrogens (tertiary/aromatic N) is 4. The molecule has 0 spiro atoms. The van der Waals surface area contributed by atoms with E-state index in [0.29, 0.717) is 40.1 Å². The number of hydrogen-bond donors (Lipinski definition) is 0. The van der Waals surface area contributed by atoms with Crippen molar-refractivity contribution in [1.29, 1.82) is 0 Å². The van der Waals surface area contributed by atoms with Gasteiger partial charge < -0.3 is 23.6 Å². The number of nitro benzene ring substituents is 1. The van der Waals surface area contributed by atoms with Crippen molar-refractivity contribution in [3.63, 3.8) is 0 Å². The second-order valence-electron chi connectivity index (χ2n) is 8.89. The number of nitro groups is 1. The SMILES string of the molecule is COc1ccc(-c2noc(CN(C(=O)COc3ccc([N+](=O)[O-])c(C)c3)C3CCCCC3)n2)cc1OC. The Bertz CT molecular complexity index is 1250. The second kappa shape index (κ2) is 11.7. The molecule has 1 aromatic heterocycles. The highest BCUT2D eigenvalue weighted by Crippen LogP contribution is 2.31. The Morgan fingerprint density at radius 2 is 1.86 bits per heavy atom. The molecule has 1 aliphatic rings. The molecule has 0 bridgehead atoms. The molecular formula is C26H30N4O7. The molecule has 4 rings (SSSR count). The molecule has 196 valence electrons. The molecule has 1 aliphatic carbocycles. The third kappa shape index (κ3) is 6.16. The van der Waals surface area contributed by atoms with Crippen LogP contribution in [0.2, 0.25) is 0 Å². The molecular weight excluding hydrogens is 480 g/mol. The fourth-order valence-electron chi connectivity index (χ4n) is 4.52. The highest BCUT2D eigenvalue weighted by Gasteiger charge is 2.28. The van der Waals surface area contributed by atoms with E-state index < -0.39 is 4.92 Å². The number of carbonyl (C=O) groups is 1. The van der Waals surface area contributed by atoms with Crippen LogP contribution < -0.4 is 14.2 Å². The van der Waals surface area contributed by atoms with Gasteiger partial charge in [0.1, 0.15) is 12.3 Å². The van der Waals surface area contributed by atoms with Crippen molar-refractivity contribution in [2.75, 3.05) is 20.8 Å². The summed E-state index contributed by atoms with van der Waals surface area (Å²) in [5.74, 6) is 2.01. The van der Waals surface area contributed by atoms with E-state index in [1.165, 1.54) is 12.1 Å². The fraction of sp³-hybridized carbons (Fsp3) is 0.423. The molecule has 1 saturated carbocycles. The van der Waals surface area contributed by atoms with E-state index in [9.17, 15) is 14.9 Å². The van der Waals surface area contributed by atoms with Gasteiger partial charge in [-0.3, -0.25) is 14.9 Å². The molecule has 0 atom stereocenters.